The molecule has 0 heterocycles. The third kappa shape index (κ3) is 7.32. The maximum atomic E-state index is 12.2. The van der Waals surface area contributed by atoms with Crippen LogP contribution < -0.4 is 16.0 Å². The molecule has 0 aromatic carbocycles. The second-order valence-corrected chi connectivity index (χ2v) is 8.66. The van der Waals surface area contributed by atoms with Gasteiger partial charge in [-0.05, 0) is 57.3 Å². The maximum Gasteiger partial charge on any atom is 0.329 e. The van der Waals surface area contributed by atoms with Gasteiger partial charge in [-0.1, -0.05) is 32.6 Å². The first-order chi connectivity index (χ1) is 13.4. The highest BCUT2D eigenvalue weighted by molar-refractivity contribution is 5.87. The quantitative estimate of drug-likeness (QED) is 0.449. The lowest BCUT2D eigenvalue weighted by atomic mass is 9.77. The summed E-state index contributed by atoms with van der Waals surface area (Å²) in [7, 11) is 0. The van der Waals surface area contributed by atoms with Crippen molar-refractivity contribution in [1.82, 2.24) is 16.0 Å². The highest BCUT2D eigenvalue weighted by Crippen LogP contribution is 2.32. The summed E-state index contributed by atoms with van der Waals surface area (Å²) in [5, 5.41) is 18.3. The number of carbonyl (C=O) groups is 3. The van der Waals surface area contributed by atoms with Crippen LogP contribution in [0.2, 0.25) is 0 Å². The first kappa shape index (κ1) is 22.5. The number of rotatable bonds is 9. The monoisotopic (exact) mass is 395 g/mol. The Balaban J connectivity index is 1.55. The Labute approximate surface area is 168 Å². The number of carboxylic acid groups (broad SMARTS) is 1. The van der Waals surface area contributed by atoms with Gasteiger partial charge >= 0.3 is 12.0 Å². The number of carbonyl (C=O) groups excluding carboxylic acids is 2. The highest BCUT2D eigenvalue weighted by atomic mass is 16.4. The average molecular weight is 396 g/mol. The molecule has 3 amide bonds. The minimum absolute atomic E-state index is 0.0976. The molecular weight excluding hydrogens is 358 g/mol. The third-order valence-corrected chi connectivity index (χ3v) is 6.22. The van der Waals surface area contributed by atoms with Crippen LogP contribution in [0.4, 0.5) is 4.79 Å². The van der Waals surface area contributed by atoms with E-state index in [1.807, 2.05) is 0 Å². The van der Waals surface area contributed by atoms with E-state index in [0.717, 1.165) is 38.5 Å². The van der Waals surface area contributed by atoms with Gasteiger partial charge in [0, 0.05) is 19.0 Å². The van der Waals surface area contributed by atoms with Crippen molar-refractivity contribution >= 4 is 17.9 Å². The maximum absolute atomic E-state index is 12.2. The minimum Gasteiger partial charge on any atom is -0.480 e. The number of unbranched alkanes of at least 4 members (excludes halogenated alkanes) is 2. The van der Waals surface area contributed by atoms with Gasteiger partial charge in [-0.25, -0.2) is 9.59 Å². The summed E-state index contributed by atoms with van der Waals surface area (Å²) < 4.78 is 0. The standard InChI is InChI=1S/C21H37N3O4/c1-16-11-13-21(14-12-16,19(26)27)24-18(25)10-6-3-7-15-22-20(28)23-17-8-4-2-5-9-17/h16-17H,2-15H2,1H3,(H,24,25)(H,26,27)(H2,22,23,28). The Hall–Kier alpha value is -1.79. The van der Waals surface area contributed by atoms with E-state index in [-0.39, 0.29) is 11.9 Å². The van der Waals surface area contributed by atoms with Crippen LogP contribution in [-0.4, -0.2) is 41.1 Å². The van der Waals surface area contributed by atoms with Gasteiger partial charge in [-0.3, -0.25) is 4.79 Å². The van der Waals surface area contributed by atoms with E-state index >= 15 is 0 Å². The van der Waals surface area contributed by atoms with E-state index in [4.69, 9.17) is 0 Å². The summed E-state index contributed by atoms with van der Waals surface area (Å²) >= 11 is 0. The van der Waals surface area contributed by atoms with Crippen molar-refractivity contribution in [3.63, 3.8) is 0 Å². The van der Waals surface area contributed by atoms with Gasteiger partial charge in [-0.2, -0.15) is 0 Å². The molecule has 0 spiro atoms. The van der Waals surface area contributed by atoms with E-state index in [1.165, 1.54) is 19.3 Å². The highest BCUT2D eigenvalue weighted by Gasteiger charge is 2.42. The van der Waals surface area contributed by atoms with Gasteiger partial charge in [0.25, 0.3) is 0 Å². The van der Waals surface area contributed by atoms with Gasteiger partial charge in [0.2, 0.25) is 5.91 Å². The first-order valence-corrected chi connectivity index (χ1v) is 11.0. The van der Waals surface area contributed by atoms with E-state index in [2.05, 4.69) is 22.9 Å². The molecule has 7 heteroatoms. The van der Waals surface area contributed by atoms with Crippen LogP contribution >= 0.6 is 0 Å². The normalized spacial score (nSPS) is 25.7. The SMILES string of the molecule is CC1CCC(NC(=O)CCCCCNC(=O)NC2CCCCC2)(C(=O)O)CC1. The fourth-order valence-corrected chi connectivity index (χ4v) is 4.25. The number of hydrogen-bond donors (Lipinski definition) is 4. The summed E-state index contributed by atoms with van der Waals surface area (Å²) in [6.45, 7) is 2.72. The third-order valence-electron chi connectivity index (χ3n) is 6.22. The van der Waals surface area contributed by atoms with Crippen LogP contribution in [0.3, 0.4) is 0 Å². The Morgan fingerprint density at radius 3 is 2.29 bits per heavy atom. The molecule has 0 unspecified atom stereocenters. The molecule has 2 saturated carbocycles. The molecule has 0 aliphatic heterocycles. The van der Waals surface area contributed by atoms with Crippen LogP contribution in [0.25, 0.3) is 0 Å². The van der Waals surface area contributed by atoms with Crippen molar-refractivity contribution in [2.75, 3.05) is 6.54 Å². The average Bonchev–Trinajstić information content (AvgIpc) is 2.67. The van der Waals surface area contributed by atoms with Crippen LogP contribution in [0.1, 0.15) is 90.4 Å². The molecule has 0 radical (unpaired) electrons. The molecule has 160 valence electrons. The van der Waals surface area contributed by atoms with Crippen molar-refractivity contribution in [3.8, 4) is 0 Å². The lowest BCUT2D eigenvalue weighted by Gasteiger charge is -2.36. The molecule has 2 rings (SSSR count). The first-order valence-electron chi connectivity index (χ1n) is 11.0. The summed E-state index contributed by atoms with van der Waals surface area (Å²) in [4.78, 5) is 35.7. The van der Waals surface area contributed by atoms with Crippen LogP contribution in [0, 0.1) is 5.92 Å². The molecule has 2 fully saturated rings. The predicted molar refractivity (Wildman–Crippen MR) is 108 cm³/mol. The largest absolute Gasteiger partial charge is 0.480 e. The molecule has 28 heavy (non-hydrogen) atoms. The smallest absolute Gasteiger partial charge is 0.329 e. The molecule has 7 nitrogen and oxygen atoms in total. The second-order valence-electron chi connectivity index (χ2n) is 8.66. The number of amides is 3. The molecule has 0 bridgehead atoms. The zero-order valence-electron chi connectivity index (χ0n) is 17.2. The number of hydrogen-bond acceptors (Lipinski definition) is 3. The van der Waals surface area contributed by atoms with Crippen molar-refractivity contribution in [2.45, 2.75) is 102 Å². The molecular formula is C21H37N3O4. The fourth-order valence-electron chi connectivity index (χ4n) is 4.25. The van der Waals surface area contributed by atoms with Crippen molar-refractivity contribution in [3.05, 3.63) is 0 Å². The van der Waals surface area contributed by atoms with Crippen LogP contribution in [0.15, 0.2) is 0 Å². The Kier molecular flexibility index (Phi) is 9.06. The predicted octanol–water partition coefficient (Wildman–Crippen LogP) is 3.33. The topological polar surface area (TPSA) is 108 Å². The Bertz CT molecular complexity index is 524. The number of aliphatic carboxylic acids is 1. The lowest BCUT2D eigenvalue weighted by molar-refractivity contribution is -0.149. The number of urea groups is 1. The molecule has 0 aromatic rings. The zero-order valence-corrected chi connectivity index (χ0v) is 17.2. The van der Waals surface area contributed by atoms with E-state index in [1.54, 1.807) is 0 Å². The van der Waals surface area contributed by atoms with Gasteiger partial charge in [0.15, 0.2) is 0 Å². The fraction of sp³-hybridized carbons (Fsp3) is 0.857. The van der Waals surface area contributed by atoms with E-state index < -0.39 is 11.5 Å². The molecule has 0 aromatic heterocycles. The van der Waals surface area contributed by atoms with Crippen molar-refractivity contribution in [2.24, 2.45) is 5.92 Å². The Morgan fingerprint density at radius 1 is 0.964 bits per heavy atom. The van der Waals surface area contributed by atoms with Gasteiger partial charge in [0.1, 0.15) is 5.54 Å². The minimum atomic E-state index is -1.08. The summed E-state index contributed by atoms with van der Waals surface area (Å²) in [5.41, 5.74) is -1.08. The lowest BCUT2D eigenvalue weighted by Crippen LogP contribution is -2.56. The molecule has 2 aliphatic carbocycles. The molecule has 0 saturated heterocycles. The van der Waals surface area contributed by atoms with Gasteiger partial charge < -0.3 is 21.1 Å². The summed E-state index contributed by atoms with van der Waals surface area (Å²) in [5.74, 6) is -0.576. The number of nitrogens with one attached hydrogen (secondary N) is 3. The molecule has 0 atom stereocenters. The molecule has 2 aliphatic rings. The zero-order chi connectivity index (χ0) is 20.4. The van der Waals surface area contributed by atoms with Crippen molar-refractivity contribution in [1.29, 1.82) is 0 Å². The van der Waals surface area contributed by atoms with Crippen LogP contribution in [-0.2, 0) is 9.59 Å². The summed E-state index contributed by atoms with van der Waals surface area (Å²) in [6, 6.07) is 0.210. The van der Waals surface area contributed by atoms with Crippen LogP contribution in [0.5, 0.6) is 0 Å². The Morgan fingerprint density at radius 2 is 1.64 bits per heavy atom. The van der Waals surface area contributed by atoms with Gasteiger partial charge in [-0.15, -0.1) is 0 Å². The molecule has 4 N–H and O–H groups in total. The summed E-state index contributed by atoms with van der Waals surface area (Å²) in [6.07, 6.45) is 11.1. The second kappa shape index (κ2) is 11.3. The van der Waals surface area contributed by atoms with E-state index in [0.29, 0.717) is 44.2 Å². The van der Waals surface area contributed by atoms with Gasteiger partial charge in [0.05, 0.1) is 0 Å². The number of carboxylic acids is 1. The van der Waals surface area contributed by atoms with Crippen molar-refractivity contribution < 1.29 is 19.5 Å². The van der Waals surface area contributed by atoms with E-state index in [9.17, 15) is 19.5 Å².